The second kappa shape index (κ2) is 6.60. The van der Waals surface area contributed by atoms with Crippen molar-refractivity contribution in [2.45, 2.75) is 63.6 Å². The van der Waals surface area contributed by atoms with Gasteiger partial charge in [-0.1, -0.05) is 6.92 Å². The predicted octanol–water partition coefficient (Wildman–Crippen LogP) is 2.65. The topological polar surface area (TPSA) is 76.1 Å². The Hall–Kier alpha value is -1.69. The highest BCUT2D eigenvalue weighted by atomic mass is 16.5. The zero-order chi connectivity index (χ0) is 15.4. The van der Waals surface area contributed by atoms with Crippen molar-refractivity contribution in [3.05, 3.63) is 18.2 Å². The first-order valence-electron chi connectivity index (χ1n) is 8.23. The summed E-state index contributed by atoms with van der Waals surface area (Å²) in [6, 6.07) is -0.218. The van der Waals surface area contributed by atoms with Crippen molar-refractivity contribution < 1.29 is 9.53 Å². The van der Waals surface area contributed by atoms with Crippen LogP contribution in [0.1, 0.15) is 51.3 Å². The fourth-order valence-electron chi connectivity index (χ4n) is 3.16. The van der Waals surface area contributed by atoms with Crippen LogP contribution >= 0.6 is 0 Å². The lowest BCUT2D eigenvalue weighted by Crippen LogP contribution is -2.37. The third kappa shape index (κ3) is 3.55. The third-order valence-corrected chi connectivity index (χ3v) is 4.63. The van der Waals surface area contributed by atoms with Crippen LogP contribution in [-0.2, 0) is 11.2 Å². The molecule has 2 amide bonds. The van der Waals surface area contributed by atoms with E-state index in [0.717, 1.165) is 25.1 Å². The van der Waals surface area contributed by atoms with E-state index in [-0.39, 0.29) is 11.6 Å². The summed E-state index contributed by atoms with van der Waals surface area (Å²) in [6.07, 6.45) is 11.3. The Bertz CT molecular complexity index is 513. The number of carbonyl (C=O) groups is 1. The molecule has 2 aliphatic rings. The Morgan fingerprint density at radius 1 is 1.36 bits per heavy atom. The van der Waals surface area contributed by atoms with Crippen LogP contribution in [0.5, 0.6) is 0 Å². The summed E-state index contributed by atoms with van der Waals surface area (Å²) in [5.41, 5.74) is 0.811. The second-order valence-corrected chi connectivity index (χ2v) is 6.23. The Labute approximate surface area is 131 Å². The Kier molecular flexibility index (Phi) is 4.57. The van der Waals surface area contributed by atoms with Gasteiger partial charge in [0.05, 0.1) is 29.8 Å². The number of amides is 2. The number of urea groups is 1. The van der Waals surface area contributed by atoms with Crippen molar-refractivity contribution in [3.8, 4) is 0 Å². The van der Waals surface area contributed by atoms with Gasteiger partial charge >= 0.3 is 6.03 Å². The zero-order valence-corrected chi connectivity index (χ0v) is 13.1. The highest BCUT2D eigenvalue weighted by molar-refractivity contribution is 5.88. The molecule has 3 rings (SSSR count). The van der Waals surface area contributed by atoms with Crippen LogP contribution in [-0.4, -0.2) is 34.2 Å². The first-order chi connectivity index (χ1) is 10.7. The first-order valence-corrected chi connectivity index (χ1v) is 8.23. The van der Waals surface area contributed by atoms with Gasteiger partial charge in [-0.05, 0) is 38.5 Å². The van der Waals surface area contributed by atoms with Crippen LogP contribution in [0.25, 0.3) is 0 Å². The number of rotatable bonds is 5. The van der Waals surface area contributed by atoms with E-state index in [2.05, 4.69) is 20.6 Å². The molecule has 22 heavy (non-hydrogen) atoms. The molecule has 1 saturated heterocycles. The van der Waals surface area contributed by atoms with Crippen LogP contribution in [0.15, 0.2) is 12.4 Å². The highest BCUT2D eigenvalue weighted by Gasteiger charge is 2.44. The van der Waals surface area contributed by atoms with Crippen molar-refractivity contribution in [3.63, 3.8) is 0 Å². The molecule has 0 bridgehead atoms. The predicted molar refractivity (Wildman–Crippen MR) is 83.7 cm³/mol. The van der Waals surface area contributed by atoms with Crippen molar-refractivity contribution in [1.29, 1.82) is 0 Å². The number of nitrogens with zero attached hydrogens (tertiary/aromatic N) is 2. The van der Waals surface area contributed by atoms with E-state index in [1.165, 1.54) is 25.7 Å². The molecule has 1 aromatic heterocycles. The molecule has 0 radical (unpaired) electrons. The molecular formula is C16H24N4O2. The minimum absolute atomic E-state index is 0.200. The molecule has 1 atom stereocenters. The van der Waals surface area contributed by atoms with Gasteiger partial charge < -0.3 is 15.4 Å². The summed E-state index contributed by atoms with van der Waals surface area (Å²) in [4.78, 5) is 20.1. The van der Waals surface area contributed by atoms with Crippen molar-refractivity contribution in [1.82, 2.24) is 15.3 Å². The largest absolute Gasteiger partial charge is 0.372 e. The number of carbonyl (C=O) groups excluding carboxylic acids is 1. The maximum absolute atomic E-state index is 11.8. The summed E-state index contributed by atoms with van der Waals surface area (Å²) in [5, 5.41) is 5.61. The van der Waals surface area contributed by atoms with Gasteiger partial charge in [0, 0.05) is 13.0 Å². The zero-order valence-electron chi connectivity index (χ0n) is 13.1. The molecule has 1 unspecified atom stereocenters. The molecule has 1 aliphatic heterocycles. The van der Waals surface area contributed by atoms with Gasteiger partial charge in [-0.25, -0.2) is 14.8 Å². The van der Waals surface area contributed by atoms with Crippen molar-refractivity contribution in [2.24, 2.45) is 0 Å². The van der Waals surface area contributed by atoms with Gasteiger partial charge in [0.25, 0.3) is 0 Å². The molecule has 2 heterocycles. The molecule has 1 aromatic rings. The third-order valence-electron chi connectivity index (χ3n) is 4.63. The van der Waals surface area contributed by atoms with Crippen molar-refractivity contribution in [2.75, 3.05) is 11.9 Å². The maximum Gasteiger partial charge on any atom is 0.319 e. The summed E-state index contributed by atoms with van der Waals surface area (Å²) in [5.74, 6) is 0.772. The summed E-state index contributed by atoms with van der Waals surface area (Å²) >= 11 is 0. The minimum Gasteiger partial charge on any atom is -0.372 e. The lowest BCUT2D eigenvalue weighted by atomic mass is 9.78. The monoisotopic (exact) mass is 304 g/mol. The molecule has 120 valence electrons. The quantitative estimate of drug-likeness (QED) is 0.877. The Morgan fingerprint density at radius 2 is 2.14 bits per heavy atom. The first kappa shape index (κ1) is 15.2. The van der Waals surface area contributed by atoms with E-state index in [1.54, 1.807) is 12.4 Å². The molecule has 0 aromatic carbocycles. The molecule has 6 heteroatoms. The van der Waals surface area contributed by atoms with Crippen LogP contribution in [0.4, 0.5) is 10.5 Å². The number of nitrogens with one attached hydrogen (secondary N) is 2. The lowest BCUT2D eigenvalue weighted by Gasteiger charge is -2.38. The van der Waals surface area contributed by atoms with Crippen LogP contribution in [0, 0.1) is 0 Å². The van der Waals surface area contributed by atoms with E-state index in [9.17, 15) is 4.79 Å². The fourth-order valence-corrected chi connectivity index (χ4v) is 3.16. The molecular weight excluding hydrogens is 280 g/mol. The van der Waals surface area contributed by atoms with E-state index < -0.39 is 0 Å². The molecule has 1 saturated carbocycles. The van der Waals surface area contributed by atoms with Crippen LogP contribution in [0.3, 0.4) is 0 Å². The number of aromatic nitrogens is 2. The molecule has 2 N–H and O–H groups in total. The average molecular weight is 304 g/mol. The number of hydrogen-bond acceptors (Lipinski definition) is 4. The van der Waals surface area contributed by atoms with Gasteiger partial charge in [-0.2, -0.15) is 0 Å². The summed E-state index contributed by atoms with van der Waals surface area (Å²) in [6.45, 7) is 2.62. The lowest BCUT2D eigenvalue weighted by molar-refractivity contribution is -0.0920. The van der Waals surface area contributed by atoms with Crippen LogP contribution < -0.4 is 10.6 Å². The molecule has 1 aliphatic carbocycles. The number of anilines is 1. The standard InChI is InChI=1S/C16H24N4O2/c1-2-14-18-10-12(11-19-14)20-15(21)17-9-5-13-4-8-16(22-13)6-3-7-16/h10-11,13H,2-9H2,1H3,(H2,17,20,21). The van der Waals surface area contributed by atoms with E-state index in [4.69, 9.17) is 4.74 Å². The molecule has 6 nitrogen and oxygen atoms in total. The Morgan fingerprint density at radius 3 is 2.73 bits per heavy atom. The van der Waals surface area contributed by atoms with Gasteiger partial charge in [0.2, 0.25) is 0 Å². The number of aryl methyl sites for hydroxylation is 1. The Balaban J connectivity index is 1.35. The molecule has 1 spiro atoms. The normalized spacial score (nSPS) is 22.3. The summed E-state index contributed by atoms with van der Waals surface area (Å²) < 4.78 is 6.12. The van der Waals surface area contributed by atoms with Crippen molar-refractivity contribution >= 4 is 11.7 Å². The van der Waals surface area contributed by atoms with Gasteiger partial charge in [0.15, 0.2) is 0 Å². The van der Waals surface area contributed by atoms with Gasteiger partial charge in [0.1, 0.15) is 5.82 Å². The van der Waals surface area contributed by atoms with Gasteiger partial charge in [-0.3, -0.25) is 0 Å². The smallest absolute Gasteiger partial charge is 0.319 e. The molecule has 2 fully saturated rings. The fraction of sp³-hybridized carbons (Fsp3) is 0.688. The summed E-state index contributed by atoms with van der Waals surface area (Å²) in [7, 11) is 0. The average Bonchev–Trinajstić information content (AvgIpc) is 2.93. The van der Waals surface area contributed by atoms with E-state index in [1.807, 2.05) is 6.92 Å². The SMILES string of the molecule is CCc1ncc(NC(=O)NCCC2CCC3(CCC3)O2)cn1. The number of ether oxygens (including phenoxy) is 1. The second-order valence-electron chi connectivity index (χ2n) is 6.23. The maximum atomic E-state index is 11.8. The number of hydrogen-bond donors (Lipinski definition) is 2. The van der Waals surface area contributed by atoms with Crippen LogP contribution in [0.2, 0.25) is 0 Å². The van der Waals surface area contributed by atoms with E-state index >= 15 is 0 Å². The van der Waals surface area contributed by atoms with Gasteiger partial charge in [-0.15, -0.1) is 0 Å². The highest BCUT2D eigenvalue weighted by Crippen LogP contribution is 2.46. The minimum atomic E-state index is -0.218. The van der Waals surface area contributed by atoms with E-state index in [0.29, 0.717) is 18.3 Å².